The number of carbonyl (C=O) groups excluding carboxylic acids is 2. The zero-order chi connectivity index (χ0) is 30.1. The molecule has 4 atom stereocenters. The van der Waals surface area contributed by atoms with Crippen LogP contribution < -0.4 is 16.0 Å². The van der Waals surface area contributed by atoms with Crippen molar-refractivity contribution < 1.29 is 18.4 Å². The number of benzene rings is 2. The van der Waals surface area contributed by atoms with Gasteiger partial charge >= 0.3 is 0 Å². The first-order chi connectivity index (χ1) is 19.3. The summed E-state index contributed by atoms with van der Waals surface area (Å²) in [5, 5.41) is 19.4. The van der Waals surface area contributed by atoms with E-state index in [-0.39, 0.29) is 32.5 Å². The zero-order valence-corrected chi connectivity index (χ0v) is 24.4. The van der Waals surface area contributed by atoms with Crippen LogP contribution in [0.25, 0.3) is 0 Å². The topological polar surface area (TPSA) is 107 Å². The molecule has 0 spiro atoms. The van der Waals surface area contributed by atoms with Crippen molar-refractivity contribution >= 4 is 46.5 Å². The molecule has 2 heterocycles. The Bertz CT molecular complexity index is 1520. The van der Waals surface area contributed by atoms with Gasteiger partial charge in [-0.1, -0.05) is 62.2 Å². The van der Waals surface area contributed by atoms with Gasteiger partial charge in [-0.25, -0.2) is 13.8 Å². The third kappa shape index (κ3) is 6.20. The van der Waals surface area contributed by atoms with Gasteiger partial charge in [-0.3, -0.25) is 9.59 Å². The van der Waals surface area contributed by atoms with Gasteiger partial charge < -0.3 is 16.0 Å². The lowest BCUT2D eigenvalue weighted by Gasteiger charge is -2.37. The maximum Gasteiger partial charge on any atom is 0.242 e. The summed E-state index contributed by atoms with van der Waals surface area (Å²) in [6.07, 6.45) is 1.70. The summed E-state index contributed by atoms with van der Waals surface area (Å²) in [7, 11) is 0. The molecule has 0 radical (unpaired) electrons. The first-order valence-corrected chi connectivity index (χ1v) is 13.6. The van der Waals surface area contributed by atoms with Crippen molar-refractivity contribution in [1.82, 2.24) is 10.3 Å². The number of pyridine rings is 1. The Morgan fingerprint density at radius 1 is 1.12 bits per heavy atom. The standard InChI is InChI=1S/C30H29Cl2F2N5O2/c1-16(40)37-24-11-9-18(14-36-24)38-28(41)27-25(19-6-5-7-21(32)26(19)34)30(15-35,23(39-27)13-29(2,3)4)20-10-8-17(31)12-22(20)33/h5-12,14,23,25,27,39H,13H2,1-4H3,(H,38,41)(H,36,37,40)/t23-,25-,27+,30-/m0/s1. The number of nitrogens with zero attached hydrogens (tertiary/aromatic N) is 2. The Morgan fingerprint density at radius 2 is 1.85 bits per heavy atom. The minimum absolute atomic E-state index is 0.00316. The van der Waals surface area contributed by atoms with Crippen LogP contribution in [-0.2, 0) is 15.0 Å². The zero-order valence-electron chi connectivity index (χ0n) is 22.9. The molecule has 2 amide bonds. The highest BCUT2D eigenvalue weighted by atomic mass is 35.5. The monoisotopic (exact) mass is 599 g/mol. The first-order valence-electron chi connectivity index (χ1n) is 12.9. The summed E-state index contributed by atoms with van der Waals surface area (Å²) in [6.45, 7) is 7.22. The molecule has 1 saturated heterocycles. The second-order valence-corrected chi connectivity index (χ2v) is 12.1. The molecule has 1 aromatic heterocycles. The molecule has 1 fully saturated rings. The van der Waals surface area contributed by atoms with Gasteiger partial charge in [0.15, 0.2) is 0 Å². The summed E-state index contributed by atoms with van der Waals surface area (Å²) in [5.74, 6) is -3.34. The molecule has 3 aromatic rings. The molecule has 3 N–H and O–H groups in total. The van der Waals surface area contributed by atoms with Crippen LogP contribution in [0.3, 0.4) is 0 Å². The highest BCUT2D eigenvalue weighted by molar-refractivity contribution is 6.31. The van der Waals surface area contributed by atoms with Gasteiger partial charge in [0.05, 0.1) is 29.0 Å². The molecular weight excluding hydrogens is 571 g/mol. The summed E-state index contributed by atoms with van der Waals surface area (Å²) >= 11 is 12.2. The van der Waals surface area contributed by atoms with E-state index in [9.17, 15) is 14.9 Å². The maximum atomic E-state index is 15.7. The minimum Gasteiger partial charge on any atom is -0.323 e. The predicted molar refractivity (Wildman–Crippen MR) is 155 cm³/mol. The van der Waals surface area contributed by atoms with E-state index in [1.165, 1.54) is 49.5 Å². The van der Waals surface area contributed by atoms with Crippen molar-refractivity contribution in [2.75, 3.05) is 10.6 Å². The van der Waals surface area contributed by atoms with E-state index in [2.05, 4.69) is 27.0 Å². The predicted octanol–water partition coefficient (Wildman–Crippen LogP) is 6.59. The van der Waals surface area contributed by atoms with Crippen molar-refractivity contribution in [2.45, 2.75) is 57.5 Å². The van der Waals surface area contributed by atoms with Gasteiger partial charge in [-0.15, -0.1) is 0 Å². The number of aromatic nitrogens is 1. The third-order valence-electron chi connectivity index (χ3n) is 7.07. The number of rotatable bonds is 6. The second kappa shape index (κ2) is 11.7. The number of nitriles is 1. The SMILES string of the molecule is CC(=O)Nc1ccc(NC(=O)[C@@H]2N[C@@H](CC(C)(C)C)[C@](C#N)(c3ccc(Cl)cc3F)[C@H]2c2cccc(Cl)c2F)cn1. The van der Waals surface area contributed by atoms with E-state index in [4.69, 9.17) is 23.2 Å². The molecule has 0 unspecified atom stereocenters. The van der Waals surface area contributed by atoms with Crippen LogP contribution in [0.1, 0.15) is 51.2 Å². The number of carbonyl (C=O) groups is 2. The van der Waals surface area contributed by atoms with Crippen LogP contribution in [0, 0.1) is 28.4 Å². The number of amides is 2. The molecule has 0 aliphatic carbocycles. The fourth-order valence-electron chi connectivity index (χ4n) is 5.50. The van der Waals surface area contributed by atoms with Crippen LogP contribution in [-0.4, -0.2) is 28.9 Å². The number of hydrogen-bond acceptors (Lipinski definition) is 5. The minimum atomic E-state index is -1.73. The molecule has 4 rings (SSSR count). The molecule has 0 saturated carbocycles. The quantitative estimate of drug-likeness (QED) is 0.296. The average Bonchev–Trinajstić information content (AvgIpc) is 3.19. The lowest BCUT2D eigenvalue weighted by atomic mass is 9.62. The lowest BCUT2D eigenvalue weighted by Crippen LogP contribution is -2.45. The summed E-state index contributed by atoms with van der Waals surface area (Å²) in [5.41, 5.74) is -1.81. The molecule has 1 aliphatic rings. The van der Waals surface area contributed by atoms with Crippen LogP contribution in [0.4, 0.5) is 20.3 Å². The molecule has 2 aromatic carbocycles. The van der Waals surface area contributed by atoms with E-state index in [1.54, 1.807) is 6.07 Å². The molecule has 1 aliphatic heterocycles. The van der Waals surface area contributed by atoms with Crippen LogP contribution in [0.15, 0.2) is 54.7 Å². The Balaban J connectivity index is 1.89. The van der Waals surface area contributed by atoms with Crippen molar-refractivity contribution in [3.63, 3.8) is 0 Å². The van der Waals surface area contributed by atoms with Crippen LogP contribution in [0.5, 0.6) is 0 Å². The van der Waals surface area contributed by atoms with Crippen molar-refractivity contribution in [1.29, 1.82) is 5.26 Å². The molecule has 11 heteroatoms. The Kier molecular flexibility index (Phi) is 8.69. The largest absolute Gasteiger partial charge is 0.323 e. The van der Waals surface area contributed by atoms with E-state index in [1.807, 2.05) is 20.8 Å². The van der Waals surface area contributed by atoms with Crippen molar-refractivity contribution in [2.24, 2.45) is 5.41 Å². The van der Waals surface area contributed by atoms with Gasteiger partial charge in [0.2, 0.25) is 11.8 Å². The van der Waals surface area contributed by atoms with Crippen molar-refractivity contribution in [3.8, 4) is 6.07 Å². The Labute approximate surface area is 247 Å². The first kappa shape index (κ1) is 30.4. The second-order valence-electron chi connectivity index (χ2n) is 11.3. The number of hydrogen-bond donors (Lipinski definition) is 3. The molecule has 0 bridgehead atoms. The van der Waals surface area contributed by atoms with Crippen molar-refractivity contribution in [3.05, 3.63) is 87.5 Å². The number of nitrogens with one attached hydrogen (secondary N) is 3. The van der Waals surface area contributed by atoms with Gasteiger partial charge in [-0.05, 0) is 47.7 Å². The van der Waals surface area contributed by atoms with E-state index >= 15 is 8.78 Å². The number of anilines is 2. The lowest BCUT2D eigenvalue weighted by molar-refractivity contribution is -0.118. The fourth-order valence-corrected chi connectivity index (χ4v) is 5.84. The maximum absolute atomic E-state index is 15.7. The molecule has 41 heavy (non-hydrogen) atoms. The molecule has 7 nitrogen and oxygen atoms in total. The van der Waals surface area contributed by atoms with E-state index < -0.39 is 41.0 Å². The van der Waals surface area contributed by atoms with Gasteiger partial charge in [0.1, 0.15) is 22.9 Å². The summed E-state index contributed by atoms with van der Waals surface area (Å²) in [4.78, 5) is 29.3. The van der Waals surface area contributed by atoms with E-state index in [0.29, 0.717) is 17.9 Å². The molecule has 214 valence electrons. The highest BCUT2D eigenvalue weighted by Gasteiger charge is 2.61. The normalized spacial score (nSPS) is 22.2. The van der Waals surface area contributed by atoms with Crippen LogP contribution >= 0.6 is 23.2 Å². The third-order valence-corrected chi connectivity index (χ3v) is 7.59. The van der Waals surface area contributed by atoms with Gasteiger partial charge in [0, 0.05) is 29.5 Å². The highest BCUT2D eigenvalue weighted by Crippen LogP contribution is 2.52. The average molecular weight is 600 g/mol. The molecular formula is C30H29Cl2F2N5O2. The Morgan fingerprint density at radius 3 is 2.44 bits per heavy atom. The Hall–Kier alpha value is -3.58. The van der Waals surface area contributed by atoms with Gasteiger partial charge in [-0.2, -0.15) is 5.26 Å². The summed E-state index contributed by atoms with van der Waals surface area (Å²) < 4.78 is 31.4. The van der Waals surface area contributed by atoms with E-state index in [0.717, 1.165) is 6.07 Å². The smallest absolute Gasteiger partial charge is 0.242 e. The van der Waals surface area contributed by atoms with Gasteiger partial charge in [0.25, 0.3) is 0 Å². The fraction of sp³-hybridized carbons (Fsp3) is 0.333. The number of halogens is 4. The van der Waals surface area contributed by atoms with Crippen LogP contribution in [0.2, 0.25) is 10.0 Å². The summed E-state index contributed by atoms with van der Waals surface area (Å²) in [6, 6.07) is 11.7.